The van der Waals surface area contributed by atoms with Crippen molar-refractivity contribution in [2.24, 2.45) is 17.8 Å². The molecule has 0 N–H and O–H groups in total. The Morgan fingerprint density at radius 1 is 0.914 bits per heavy atom. The molecule has 35 heavy (non-hydrogen) atoms. The summed E-state index contributed by atoms with van der Waals surface area (Å²) in [6, 6.07) is 13.6. The molecule has 1 aliphatic carbocycles. The maximum Gasteiger partial charge on any atom is 0.316 e. The Labute approximate surface area is 203 Å². The first-order valence-electron chi connectivity index (χ1n) is 11.8. The van der Waals surface area contributed by atoms with Gasteiger partial charge < -0.3 is 14.4 Å². The van der Waals surface area contributed by atoms with Crippen LogP contribution >= 0.6 is 0 Å². The standard InChI is InChI=1S/C27H26N2O6/c1-2-34-20-12-10-18(11-13-20)28-16-17(14-24(28)30)27(33)35-21-7-5-6-19(15-21)29-25(31)22-8-3-4-9-23(22)26(29)32/h3-7,10-13,15,17,22-23H,2,8-9,14,16H2,1H3/t17-,22-,23+/m1/s1. The zero-order valence-electron chi connectivity index (χ0n) is 19.4. The van der Waals surface area contributed by atoms with E-state index in [4.69, 9.17) is 9.47 Å². The lowest BCUT2D eigenvalue weighted by Crippen LogP contribution is -2.31. The van der Waals surface area contributed by atoms with Gasteiger partial charge in [0.1, 0.15) is 11.5 Å². The Kier molecular flexibility index (Phi) is 6.11. The van der Waals surface area contributed by atoms with Crippen LogP contribution in [0.3, 0.4) is 0 Å². The molecule has 2 aromatic rings. The number of hydrogen-bond acceptors (Lipinski definition) is 6. The van der Waals surface area contributed by atoms with Crippen LogP contribution in [0.2, 0.25) is 0 Å². The van der Waals surface area contributed by atoms with Gasteiger partial charge in [-0.05, 0) is 56.2 Å². The molecule has 3 amide bonds. The molecule has 3 aliphatic rings. The van der Waals surface area contributed by atoms with E-state index in [1.54, 1.807) is 47.4 Å². The van der Waals surface area contributed by atoms with E-state index < -0.39 is 11.9 Å². The number of amides is 3. The highest BCUT2D eigenvalue weighted by molar-refractivity contribution is 6.22. The summed E-state index contributed by atoms with van der Waals surface area (Å²) in [7, 11) is 0. The average molecular weight is 475 g/mol. The number of nitrogens with zero attached hydrogens (tertiary/aromatic N) is 2. The Bertz CT molecular complexity index is 1180. The van der Waals surface area contributed by atoms with E-state index in [1.165, 1.54) is 11.0 Å². The predicted molar refractivity (Wildman–Crippen MR) is 128 cm³/mol. The lowest BCUT2D eigenvalue weighted by molar-refractivity contribution is -0.139. The molecule has 0 unspecified atom stereocenters. The number of anilines is 2. The first kappa shape index (κ1) is 22.8. The SMILES string of the molecule is CCOc1ccc(N2C[C@H](C(=O)Oc3cccc(N4C(=O)[C@H]5CC=CC[C@H]5C4=O)c3)CC2=O)cc1. The van der Waals surface area contributed by atoms with Crippen molar-refractivity contribution in [2.75, 3.05) is 23.0 Å². The van der Waals surface area contributed by atoms with E-state index in [9.17, 15) is 19.2 Å². The van der Waals surface area contributed by atoms with Crippen LogP contribution in [0.25, 0.3) is 0 Å². The molecule has 0 spiro atoms. The maximum absolute atomic E-state index is 12.9. The maximum atomic E-state index is 12.9. The van der Waals surface area contributed by atoms with Gasteiger partial charge in [0, 0.05) is 24.7 Å². The van der Waals surface area contributed by atoms with Crippen LogP contribution in [-0.2, 0) is 19.2 Å². The minimum Gasteiger partial charge on any atom is -0.494 e. The van der Waals surface area contributed by atoms with Gasteiger partial charge in [0.2, 0.25) is 17.7 Å². The van der Waals surface area contributed by atoms with Crippen LogP contribution in [0.15, 0.2) is 60.7 Å². The van der Waals surface area contributed by atoms with Gasteiger partial charge in [-0.3, -0.25) is 19.2 Å². The molecule has 0 radical (unpaired) electrons. The van der Waals surface area contributed by atoms with E-state index in [-0.39, 0.29) is 48.3 Å². The first-order chi connectivity index (χ1) is 17.0. The Morgan fingerprint density at radius 2 is 1.60 bits per heavy atom. The minimum atomic E-state index is -0.623. The fraction of sp³-hybridized carbons (Fsp3) is 0.333. The fourth-order valence-electron chi connectivity index (χ4n) is 4.94. The number of hydrogen-bond donors (Lipinski definition) is 0. The van der Waals surface area contributed by atoms with Crippen molar-refractivity contribution in [1.29, 1.82) is 0 Å². The van der Waals surface area contributed by atoms with Crippen molar-refractivity contribution in [2.45, 2.75) is 26.2 Å². The third-order valence-electron chi connectivity index (χ3n) is 6.72. The molecule has 180 valence electrons. The Balaban J connectivity index is 1.26. The number of allylic oxidation sites excluding steroid dienone is 2. The first-order valence-corrected chi connectivity index (χ1v) is 11.8. The molecule has 0 bridgehead atoms. The molecule has 2 fully saturated rings. The molecule has 5 rings (SSSR count). The van der Waals surface area contributed by atoms with E-state index in [2.05, 4.69) is 0 Å². The van der Waals surface area contributed by atoms with Crippen molar-refractivity contribution >= 4 is 35.1 Å². The molecule has 3 atom stereocenters. The summed E-state index contributed by atoms with van der Waals surface area (Å²) in [6.07, 6.45) is 5.04. The van der Waals surface area contributed by atoms with Crippen LogP contribution in [-0.4, -0.2) is 36.8 Å². The summed E-state index contributed by atoms with van der Waals surface area (Å²) in [6.45, 7) is 2.66. The van der Waals surface area contributed by atoms with Gasteiger partial charge in [0.15, 0.2) is 0 Å². The second-order valence-electron chi connectivity index (χ2n) is 8.92. The van der Waals surface area contributed by atoms with Gasteiger partial charge in [-0.2, -0.15) is 0 Å². The second-order valence-corrected chi connectivity index (χ2v) is 8.92. The number of ether oxygens (including phenoxy) is 2. The number of fused-ring (bicyclic) bond motifs is 1. The highest BCUT2D eigenvalue weighted by Gasteiger charge is 2.48. The van der Waals surface area contributed by atoms with Gasteiger partial charge in [0.25, 0.3) is 0 Å². The Hall–Kier alpha value is -3.94. The lowest BCUT2D eigenvalue weighted by Gasteiger charge is -2.18. The zero-order valence-corrected chi connectivity index (χ0v) is 19.4. The molecular weight excluding hydrogens is 448 g/mol. The molecule has 0 aromatic heterocycles. The summed E-state index contributed by atoms with van der Waals surface area (Å²) < 4.78 is 11.0. The van der Waals surface area contributed by atoms with Crippen LogP contribution in [0.5, 0.6) is 11.5 Å². The number of carbonyl (C=O) groups is 4. The van der Waals surface area contributed by atoms with Crippen molar-refractivity contribution in [1.82, 2.24) is 0 Å². The van der Waals surface area contributed by atoms with E-state index in [0.717, 1.165) is 0 Å². The number of esters is 1. The zero-order chi connectivity index (χ0) is 24.5. The predicted octanol–water partition coefficient (Wildman–Crippen LogP) is 3.50. The van der Waals surface area contributed by atoms with Crippen LogP contribution < -0.4 is 19.3 Å². The van der Waals surface area contributed by atoms with Gasteiger partial charge in [0.05, 0.1) is 30.0 Å². The number of benzene rings is 2. The molecule has 2 heterocycles. The molecule has 8 heteroatoms. The smallest absolute Gasteiger partial charge is 0.316 e. The third kappa shape index (κ3) is 4.32. The van der Waals surface area contributed by atoms with Crippen molar-refractivity contribution in [3.05, 3.63) is 60.7 Å². The summed E-state index contributed by atoms with van der Waals surface area (Å²) in [5, 5.41) is 0. The fourth-order valence-corrected chi connectivity index (χ4v) is 4.94. The van der Waals surface area contributed by atoms with E-state index in [1.807, 2.05) is 19.1 Å². The molecule has 2 aliphatic heterocycles. The van der Waals surface area contributed by atoms with Crippen LogP contribution in [0, 0.1) is 17.8 Å². The molecule has 0 saturated carbocycles. The van der Waals surface area contributed by atoms with Gasteiger partial charge in [-0.25, -0.2) is 4.90 Å². The van der Waals surface area contributed by atoms with Gasteiger partial charge in [-0.1, -0.05) is 18.2 Å². The monoisotopic (exact) mass is 474 g/mol. The van der Waals surface area contributed by atoms with Crippen molar-refractivity contribution < 1.29 is 28.7 Å². The summed E-state index contributed by atoms with van der Waals surface area (Å²) >= 11 is 0. The van der Waals surface area contributed by atoms with Gasteiger partial charge >= 0.3 is 5.97 Å². The summed E-state index contributed by atoms with van der Waals surface area (Å²) in [5.41, 5.74) is 1.08. The number of imide groups is 1. The topological polar surface area (TPSA) is 93.2 Å². The molecule has 2 aromatic carbocycles. The van der Waals surface area contributed by atoms with Crippen LogP contribution in [0.4, 0.5) is 11.4 Å². The molecular formula is C27H26N2O6. The number of rotatable bonds is 6. The van der Waals surface area contributed by atoms with E-state index >= 15 is 0 Å². The van der Waals surface area contributed by atoms with E-state index in [0.29, 0.717) is 36.6 Å². The quantitative estimate of drug-likeness (QED) is 0.275. The Morgan fingerprint density at radius 3 is 2.26 bits per heavy atom. The lowest BCUT2D eigenvalue weighted by atomic mass is 9.85. The highest BCUT2D eigenvalue weighted by Crippen LogP contribution is 2.38. The largest absolute Gasteiger partial charge is 0.494 e. The minimum absolute atomic E-state index is 0.0468. The van der Waals surface area contributed by atoms with Crippen molar-refractivity contribution in [3.63, 3.8) is 0 Å². The van der Waals surface area contributed by atoms with Crippen molar-refractivity contribution in [3.8, 4) is 11.5 Å². The van der Waals surface area contributed by atoms with Crippen LogP contribution in [0.1, 0.15) is 26.2 Å². The molecule has 2 saturated heterocycles. The van der Waals surface area contributed by atoms with Gasteiger partial charge in [-0.15, -0.1) is 0 Å². The average Bonchev–Trinajstić information content (AvgIpc) is 3.37. The number of carbonyl (C=O) groups excluding carboxylic acids is 4. The third-order valence-corrected chi connectivity index (χ3v) is 6.72. The highest BCUT2D eigenvalue weighted by atomic mass is 16.5. The summed E-state index contributed by atoms with van der Waals surface area (Å²) in [5.74, 6) is -1.48. The normalized spacial score (nSPS) is 23.6. The summed E-state index contributed by atoms with van der Waals surface area (Å²) in [4.78, 5) is 53.9. The molecule has 8 nitrogen and oxygen atoms in total. The second kappa shape index (κ2) is 9.37.